The van der Waals surface area contributed by atoms with Gasteiger partial charge in [0.1, 0.15) is 11.2 Å². The van der Waals surface area contributed by atoms with Crippen LogP contribution in [-0.2, 0) is 32.3 Å². The minimum Gasteiger partial charge on any atom is -0.464 e. The molecular weight excluding hydrogens is 471 g/mol. The lowest BCUT2D eigenvalue weighted by molar-refractivity contribution is -0.156. The summed E-state index contributed by atoms with van der Waals surface area (Å²) in [4.78, 5) is 16.2. The first kappa shape index (κ1) is 26.0. The maximum atomic E-state index is 13.0. The number of carbonyl (C=O) groups excluding carboxylic acids is 1. The topological polar surface area (TPSA) is 88.6 Å². The number of aromatic nitrogens is 1. The number of nitrogens with zero attached hydrogens (tertiary/aromatic N) is 2. The Balaban J connectivity index is 1.61. The lowest BCUT2D eigenvalue weighted by Gasteiger charge is -2.41. The number of alkyl halides is 3. The van der Waals surface area contributed by atoms with Crippen LogP contribution >= 0.6 is 0 Å². The van der Waals surface area contributed by atoms with Gasteiger partial charge in [0, 0.05) is 6.54 Å². The van der Waals surface area contributed by atoms with E-state index in [-0.39, 0.29) is 25.3 Å². The molecule has 1 fully saturated rings. The largest absolute Gasteiger partial charge is 0.464 e. The van der Waals surface area contributed by atoms with Gasteiger partial charge in [-0.05, 0) is 63.1 Å². The summed E-state index contributed by atoms with van der Waals surface area (Å²) < 4.78 is 72.9. The standard InChI is InChI=1S/C23H28F3N3O4S/c1-22(21(30)33-16-8-5-11-18-9-3-2-4-10-18)14-6-7-15-29(22)34(31,32)28-19-12-13-20(27-17-19)23(24,25)26/h2-4,9-10,12-13,17,28H,5-8,11,14-16H2,1H3/t22-/m1/s1. The van der Waals surface area contributed by atoms with Gasteiger partial charge >= 0.3 is 22.4 Å². The van der Waals surface area contributed by atoms with Crippen LogP contribution in [0.25, 0.3) is 0 Å². The average molecular weight is 500 g/mol. The normalized spacial score (nSPS) is 19.5. The molecule has 0 aliphatic carbocycles. The van der Waals surface area contributed by atoms with Crippen molar-refractivity contribution in [2.45, 2.75) is 57.2 Å². The van der Waals surface area contributed by atoms with E-state index in [1.54, 1.807) is 0 Å². The summed E-state index contributed by atoms with van der Waals surface area (Å²) in [5.74, 6) is -0.636. The van der Waals surface area contributed by atoms with Crippen LogP contribution in [0.2, 0.25) is 0 Å². The van der Waals surface area contributed by atoms with Crippen LogP contribution in [0.15, 0.2) is 48.7 Å². The summed E-state index contributed by atoms with van der Waals surface area (Å²) in [6, 6.07) is 11.6. The van der Waals surface area contributed by atoms with E-state index in [4.69, 9.17) is 4.74 Å². The van der Waals surface area contributed by atoms with Crippen molar-refractivity contribution in [3.05, 3.63) is 59.9 Å². The quantitative estimate of drug-likeness (QED) is 0.403. The number of ether oxygens (including phenoxy) is 1. The SMILES string of the molecule is C[C@]1(C(=O)OCCCCc2ccccc2)CCCCN1S(=O)(=O)Nc1ccc(C(F)(F)F)nc1. The third-order valence-corrected chi connectivity index (χ3v) is 7.45. The summed E-state index contributed by atoms with van der Waals surface area (Å²) in [5.41, 5.74) is -1.48. The van der Waals surface area contributed by atoms with E-state index < -0.39 is 33.6 Å². The molecule has 1 aliphatic rings. The molecule has 186 valence electrons. The molecule has 0 spiro atoms. The first-order chi connectivity index (χ1) is 16.0. The molecule has 1 saturated heterocycles. The Morgan fingerprint density at radius 2 is 1.88 bits per heavy atom. The number of pyridine rings is 1. The first-order valence-electron chi connectivity index (χ1n) is 11.1. The van der Waals surface area contributed by atoms with Crippen molar-refractivity contribution in [1.82, 2.24) is 9.29 Å². The van der Waals surface area contributed by atoms with Gasteiger partial charge in [0.2, 0.25) is 0 Å². The molecule has 3 rings (SSSR count). The summed E-state index contributed by atoms with van der Waals surface area (Å²) in [6.45, 7) is 1.77. The number of rotatable bonds is 9. The second-order valence-corrected chi connectivity index (χ2v) is 10.0. The fourth-order valence-electron chi connectivity index (χ4n) is 3.91. The van der Waals surface area contributed by atoms with Gasteiger partial charge in [-0.3, -0.25) is 9.52 Å². The molecule has 0 unspecified atom stereocenters. The van der Waals surface area contributed by atoms with E-state index in [1.165, 1.54) is 12.5 Å². The predicted octanol–water partition coefficient (Wildman–Crippen LogP) is 4.57. The zero-order valence-electron chi connectivity index (χ0n) is 18.8. The Morgan fingerprint density at radius 3 is 2.53 bits per heavy atom. The van der Waals surface area contributed by atoms with Crippen molar-refractivity contribution >= 4 is 21.9 Å². The van der Waals surface area contributed by atoms with E-state index in [0.29, 0.717) is 25.3 Å². The van der Waals surface area contributed by atoms with Gasteiger partial charge in [-0.2, -0.15) is 25.9 Å². The Morgan fingerprint density at radius 1 is 1.15 bits per heavy atom. The van der Waals surface area contributed by atoms with Crippen molar-refractivity contribution in [2.75, 3.05) is 17.9 Å². The van der Waals surface area contributed by atoms with Crippen LogP contribution in [-0.4, -0.2) is 42.4 Å². The summed E-state index contributed by atoms with van der Waals surface area (Å²) in [6.07, 6.45) is -0.0549. The van der Waals surface area contributed by atoms with Crippen LogP contribution < -0.4 is 4.72 Å². The maximum absolute atomic E-state index is 13.0. The van der Waals surface area contributed by atoms with Gasteiger partial charge in [0.05, 0.1) is 18.5 Å². The Kier molecular flexibility index (Phi) is 8.19. The van der Waals surface area contributed by atoms with Gasteiger partial charge in [0.25, 0.3) is 0 Å². The van der Waals surface area contributed by atoms with Crippen LogP contribution in [0.1, 0.15) is 50.3 Å². The molecule has 11 heteroatoms. The Labute approximate surface area is 197 Å². The number of nitrogens with one attached hydrogen (secondary N) is 1. The van der Waals surface area contributed by atoms with Gasteiger partial charge in [-0.1, -0.05) is 30.3 Å². The van der Waals surface area contributed by atoms with E-state index in [9.17, 15) is 26.4 Å². The van der Waals surface area contributed by atoms with Crippen LogP contribution in [0.5, 0.6) is 0 Å². The van der Waals surface area contributed by atoms with Gasteiger partial charge < -0.3 is 4.74 Å². The summed E-state index contributed by atoms with van der Waals surface area (Å²) in [7, 11) is -4.25. The molecule has 1 aliphatic heterocycles. The Bertz CT molecular complexity index is 1060. The fraction of sp³-hybridized carbons (Fsp3) is 0.478. The summed E-state index contributed by atoms with van der Waals surface area (Å²) in [5, 5.41) is 0. The maximum Gasteiger partial charge on any atom is 0.433 e. The van der Waals surface area contributed by atoms with Crippen LogP contribution in [0.3, 0.4) is 0 Å². The number of unbranched alkanes of at least 4 members (excludes halogenated alkanes) is 1. The van der Waals surface area contributed by atoms with Crippen molar-refractivity contribution in [2.24, 2.45) is 0 Å². The number of aryl methyl sites for hydroxylation is 1. The van der Waals surface area contributed by atoms with Crippen molar-refractivity contribution in [3.63, 3.8) is 0 Å². The van der Waals surface area contributed by atoms with Crippen molar-refractivity contribution < 1.29 is 31.1 Å². The number of hydrogen-bond donors (Lipinski definition) is 1. The van der Waals surface area contributed by atoms with Crippen LogP contribution in [0, 0.1) is 0 Å². The van der Waals surface area contributed by atoms with E-state index in [2.05, 4.69) is 9.71 Å². The van der Waals surface area contributed by atoms with Crippen molar-refractivity contribution in [3.8, 4) is 0 Å². The van der Waals surface area contributed by atoms with E-state index in [0.717, 1.165) is 29.4 Å². The van der Waals surface area contributed by atoms with E-state index in [1.807, 2.05) is 30.3 Å². The molecule has 0 bridgehead atoms. The van der Waals surface area contributed by atoms with E-state index >= 15 is 0 Å². The second kappa shape index (κ2) is 10.7. The number of piperidine rings is 1. The Hall–Kier alpha value is -2.66. The van der Waals surface area contributed by atoms with Gasteiger partial charge in [-0.15, -0.1) is 0 Å². The molecule has 1 aromatic carbocycles. The molecule has 1 aromatic heterocycles. The zero-order chi connectivity index (χ0) is 24.8. The molecule has 1 N–H and O–H groups in total. The van der Waals surface area contributed by atoms with Crippen molar-refractivity contribution in [1.29, 1.82) is 0 Å². The molecule has 2 heterocycles. The fourth-order valence-corrected chi connectivity index (χ4v) is 5.50. The number of anilines is 1. The number of hydrogen-bond acceptors (Lipinski definition) is 5. The molecule has 34 heavy (non-hydrogen) atoms. The number of halogens is 3. The molecular formula is C23H28F3N3O4S. The van der Waals surface area contributed by atoms with Gasteiger partial charge in [0.15, 0.2) is 0 Å². The highest BCUT2D eigenvalue weighted by molar-refractivity contribution is 7.90. The minimum absolute atomic E-state index is 0.0863. The first-order valence-corrected chi connectivity index (χ1v) is 12.5. The molecule has 7 nitrogen and oxygen atoms in total. The molecule has 0 saturated carbocycles. The highest BCUT2D eigenvalue weighted by Crippen LogP contribution is 2.33. The molecule has 2 aromatic rings. The monoisotopic (exact) mass is 499 g/mol. The molecule has 0 amide bonds. The number of benzene rings is 1. The number of carbonyl (C=O) groups is 1. The van der Waals surface area contributed by atoms with Gasteiger partial charge in [-0.25, -0.2) is 4.98 Å². The molecule has 1 atom stereocenters. The lowest BCUT2D eigenvalue weighted by atomic mass is 9.91. The number of esters is 1. The third-order valence-electron chi connectivity index (χ3n) is 5.79. The highest BCUT2D eigenvalue weighted by Gasteiger charge is 2.48. The minimum atomic E-state index is -4.63. The third kappa shape index (κ3) is 6.47. The van der Waals surface area contributed by atoms with Crippen LogP contribution in [0.4, 0.5) is 18.9 Å². The highest BCUT2D eigenvalue weighted by atomic mass is 32.2. The second-order valence-electron chi connectivity index (χ2n) is 8.42. The predicted molar refractivity (Wildman–Crippen MR) is 121 cm³/mol. The molecule has 0 radical (unpaired) electrons. The smallest absolute Gasteiger partial charge is 0.433 e. The summed E-state index contributed by atoms with van der Waals surface area (Å²) >= 11 is 0. The average Bonchev–Trinajstić information content (AvgIpc) is 2.79. The zero-order valence-corrected chi connectivity index (χ0v) is 19.7. The lowest BCUT2D eigenvalue weighted by Crippen LogP contribution is -2.59.